The Morgan fingerprint density at radius 3 is 2.04 bits per heavy atom. The third-order valence-electron chi connectivity index (χ3n) is 4.88. The average Bonchev–Trinajstić information content (AvgIpc) is 2.69. The molecule has 1 heterocycles. The van der Waals surface area contributed by atoms with Gasteiger partial charge in [-0.1, -0.05) is 24.3 Å². The van der Waals surface area contributed by atoms with Crippen LogP contribution in [0, 0.1) is 11.3 Å². The first kappa shape index (κ1) is 19.5. The van der Waals surface area contributed by atoms with Crippen LogP contribution in [0.3, 0.4) is 0 Å². The van der Waals surface area contributed by atoms with Gasteiger partial charge in [0.25, 0.3) is 5.91 Å². The SMILES string of the molecule is CCOc1ccc(C2=C(C#N)C(=O)NC(C)(c3ccc(OCC)cc3)C2)cc1. The van der Waals surface area contributed by atoms with Gasteiger partial charge in [-0.3, -0.25) is 4.79 Å². The summed E-state index contributed by atoms with van der Waals surface area (Å²) in [4.78, 5) is 12.7. The molecule has 3 rings (SSSR count). The molecule has 2 aromatic carbocycles. The molecule has 1 unspecified atom stereocenters. The number of carbonyl (C=O) groups is 1. The van der Waals surface area contributed by atoms with Crippen molar-refractivity contribution in [3.63, 3.8) is 0 Å². The summed E-state index contributed by atoms with van der Waals surface area (Å²) in [6, 6.07) is 17.3. The van der Waals surface area contributed by atoms with E-state index < -0.39 is 5.54 Å². The summed E-state index contributed by atoms with van der Waals surface area (Å²) < 4.78 is 11.0. The van der Waals surface area contributed by atoms with Crippen LogP contribution in [0.5, 0.6) is 11.5 Å². The first-order chi connectivity index (χ1) is 13.5. The second-order valence-electron chi connectivity index (χ2n) is 6.84. The fraction of sp³-hybridized carbons (Fsp3) is 0.304. The van der Waals surface area contributed by atoms with Gasteiger partial charge in [0.15, 0.2) is 0 Å². The number of hydrogen-bond donors (Lipinski definition) is 1. The third-order valence-corrected chi connectivity index (χ3v) is 4.88. The highest BCUT2D eigenvalue weighted by atomic mass is 16.5. The molecule has 1 aliphatic rings. The number of nitriles is 1. The molecule has 5 nitrogen and oxygen atoms in total. The van der Waals surface area contributed by atoms with E-state index in [4.69, 9.17) is 9.47 Å². The molecule has 2 aromatic rings. The fourth-order valence-electron chi connectivity index (χ4n) is 3.48. The van der Waals surface area contributed by atoms with E-state index in [0.29, 0.717) is 19.6 Å². The highest BCUT2D eigenvalue weighted by Crippen LogP contribution is 2.39. The van der Waals surface area contributed by atoms with Crippen LogP contribution in [0.2, 0.25) is 0 Å². The molecule has 0 saturated carbocycles. The van der Waals surface area contributed by atoms with Crippen molar-refractivity contribution in [1.82, 2.24) is 5.32 Å². The van der Waals surface area contributed by atoms with Gasteiger partial charge in [0.05, 0.1) is 18.8 Å². The molecule has 0 aromatic heterocycles. The van der Waals surface area contributed by atoms with Crippen LogP contribution in [0.15, 0.2) is 54.1 Å². The molecule has 0 fully saturated rings. The molecular weight excluding hydrogens is 352 g/mol. The zero-order chi connectivity index (χ0) is 20.1. The second kappa shape index (κ2) is 8.18. The second-order valence-corrected chi connectivity index (χ2v) is 6.84. The number of ether oxygens (including phenoxy) is 2. The van der Waals surface area contributed by atoms with E-state index in [9.17, 15) is 10.1 Å². The summed E-state index contributed by atoms with van der Waals surface area (Å²) in [5.41, 5.74) is 2.10. The molecule has 1 aliphatic heterocycles. The first-order valence-electron chi connectivity index (χ1n) is 9.43. The minimum Gasteiger partial charge on any atom is -0.494 e. The van der Waals surface area contributed by atoms with Crippen LogP contribution in [-0.4, -0.2) is 19.1 Å². The Labute approximate surface area is 165 Å². The quantitative estimate of drug-likeness (QED) is 0.820. The molecule has 0 bridgehead atoms. The van der Waals surface area contributed by atoms with Crippen molar-refractivity contribution < 1.29 is 14.3 Å². The maximum absolute atomic E-state index is 12.7. The predicted octanol–water partition coefficient (Wildman–Crippen LogP) is 4.20. The lowest BCUT2D eigenvalue weighted by Crippen LogP contribution is -2.47. The minimum absolute atomic E-state index is 0.160. The number of benzene rings is 2. The highest BCUT2D eigenvalue weighted by molar-refractivity contribution is 6.07. The van der Waals surface area contributed by atoms with E-state index in [0.717, 1.165) is 28.2 Å². The predicted molar refractivity (Wildman–Crippen MR) is 108 cm³/mol. The lowest BCUT2D eigenvalue weighted by atomic mass is 9.78. The van der Waals surface area contributed by atoms with Gasteiger partial charge in [-0.2, -0.15) is 5.26 Å². The van der Waals surface area contributed by atoms with Gasteiger partial charge in [-0.05, 0) is 61.7 Å². The molecule has 0 saturated heterocycles. The Hall–Kier alpha value is -3.26. The molecule has 1 N–H and O–H groups in total. The van der Waals surface area contributed by atoms with E-state index in [2.05, 4.69) is 11.4 Å². The van der Waals surface area contributed by atoms with E-state index in [1.165, 1.54) is 0 Å². The molecule has 1 amide bonds. The molecular formula is C23H24N2O3. The van der Waals surface area contributed by atoms with Crippen molar-refractivity contribution in [3.05, 3.63) is 65.2 Å². The summed E-state index contributed by atoms with van der Waals surface area (Å²) in [6.07, 6.45) is 0.517. The monoisotopic (exact) mass is 376 g/mol. The number of nitrogens with zero attached hydrogens (tertiary/aromatic N) is 1. The van der Waals surface area contributed by atoms with Crippen molar-refractivity contribution in [2.45, 2.75) is 32.7 Å². The Morgan fingerprint density at radius 2 is 1.54 bits per heavy atom. The lowest BCUT2D eigenvalue weighted by Gasteiger charge is -2.36. The van der Waals surface area contributed by atoms with Gasteiger partial charge >= 0.3 is 0 Å². The van der Waals surface area contributed by atoms with E-state index in [1.807, 2.05) is 69.3 Å². The van der Waals surface area contributed by atoms with Crippen molar-refractivity contribution in [3.8, 4) is 17.6 Å². The highest BCUT2D eigenvalue weighted by Gasteiger charge is 2.37. The minimum atomic E-state index is -0.615. The van der Waals surface area contributed by atoms with Gasteiger partial charge < -0.3 is 14.8 Å². The molecule has 0 radical (unpaired) electrons. The molecule has 1 atom stereocenters. The van der Waals surface area contributed by atoms with Crippen LogP contribution in [-0.2, 0) is 10.3 Å². The van der Waals surface area contributed by atoms with Crippen molar-refractivity contribution in [2.75, 3.05) is 13.2 Å². The standard InChI is InChI=1S/C23H24N2O3/c1-4-27-18-10-6-16(7-11-18)20-14-23(3,25-22(26)21(20)15-24)17-8-12-19(13-9-17)28-5-2/h6-13H,4-5,14H2,1-3H3,(H,25,26). The average molecular weight is 376 g/mol. The number of carbonyl (C=O) groups excluding carboxylic acids is 1. The molecule has 144 valence electrons. The van der Waals surface area contributed by atoms with Crippen LogP contribution < -0.4 is 14.8 Å². The van der Waals surface area contributed by atoms with E-state index in [1.54, 1.807) is 0 Å². The normalized spacial score (nSPS) is 19.0. The topological polar surface area (TPSA) is 71.3 Å². The largest absolute Gasteiger partial charge is 0.494 e. The summed E-state index contributed by atoms with van der Waals surface area (Å²) in [5, 5.41) is 12.6. The maximum Gasteiger partial charge on any atom is 0.262 e. The number of hydrogen-bond acceptors (Lipinski definition) is 4. The summed E-state index contributed by atoms with van der Waals surface area (Å²) in [5.74, 6) is 1.20. The van der Waals surface area contributed by atoms with Gasteiger partial charge in [0.1, 0.15) is 23.1 Å². The van der Waals surface area contributed by atoms with Crippen LogP contribution >= 0.6 is 0 Å². The van der Waals surface area contributed by atoms with Gasteiger partial charge in [0.2, 0.25) is 0 Å². The molecule has 5 heteroatoms. The Bertz CT molecular complexity index is 924. The van der Waals surface area contributed by atoms with Crippen LogP contribution in [0.4, 0.5) is 0 Å². The van der Waals surface area contributed by atoms with Gasteiger partial charge in [-0.25, -0.2) is 0 Å². The Kier molecular flexibility index (Phi) is 5.70. The first-order valence-corrected chi connectivity index (χ1v) is 9.43. The number of amides is 1. The smallest absolute Gasteiger partial charge is 0.262 e. The van der Waals surface area contributed by atoms with Crippen LogP contribution in [0.25, 0.3) is 5.57 Å². The van der Waals surface area contributed by atoms with E-state index >= 15 is 0 Å². The Balaban J connectivity index is 1.97. The summed E-state index contributed by atoms with van der Waals surface area (Å²) in [7, 11) is 0. The van der Waals surface area contributed by atoms with Crippen molar-refractivity contribution >= 4 is 11.5 Å². The van der Waals surface area contributed by atoms with Crippen molar-refractivity contribution in [2.24, 2.45) is 0 Å². The number of nitrogens with one attached hydrogen (secondary N) is 1. The lowest BCUT2D eigenvalue weighted by molar-refractivity contribution is -0.119. The molecule has 28 heavy (non-hydrogen) atoms. The zero-order valence-corrected chi connectivity index (χ0v) is 16.4. The summed E-state index contributed by atoms with van der Waals surface area (Å²) in [6.45, 7) is 7.03. The van der Waals surface area contributed by atoms with Gasteiger partial charge in [-0.15, -0.1) is 0 Å². The molecule has 0 spiro atoms. The zero-order valence-electron chi connectivity index (χ0n) is 16.4. The third kappa shape index (κ3) is 3.86. The number of rotatable bonds is 6. The van der Waals surface area contributed by atoms with Crippen molar-refractivity contribution in [1.29, 1.82) is 5.26 Å². The maximum atomic E-state index is 12.7. The van der Waals surface area contributed by atoms with Gasteiger partial charge in [0, 0.05) is 6.42 Å². The van der Waals surface area contributed by atoms with Crippen LogP contribution in [0.1, 0.15) is 38.3 Å². The summed E-state index contributed by atoms with van der Waals surface area (Å²) >= 11 is 0. The Morgan fingerprint density at radius 1 is 1.00 bits per heavy atom. The fourth-order valence-corrected chi connectivity index (χ4v) is 3.48. The molecule has 0 aliphatic carbocycles. The van der Waals surface area contributed by atoms with E-state index in [-0.39, 0.29) is 11.5 Å².